The van der Waals surface area contributed by atoms with Gasteiger partial charge in [0.15, 0.2) is 0 Å². The lowest BCUT2D eigenvalue weighted by molar-refractivity contribution is -0.0267. The van der Waals surface area contributed by atoms with Crippen LogP contribution in [0, 0.1) is 6.07 Å². The first-order valence-electron chi connectivity index (χ1n) is 3.74. The lowest BCUT2D eigenvalue weighted by atomic mass is 10.1. The van der Waals surface area contributed by atoms with Crippen LogP contribution in [0.15, 0.2) is 12.1 Å². The van der Waals surface area contributed by atoms with E-state index in [1.807, 2.05) is 0 Å². The molecule has 0 aromatic carbocycles. The Hall–Kier alpha value is -0.900. The molecule has 0 aliphatic carbocycles. The van der Waals surface area contributed by atoms with Gasteiger partial charge in [-0.1, -0.05) is 11.6 Å². The highest BCUT2D eigenvalue weighted by molar-refractivity contribution is 6.29. The van der Waals surface area contributed by atoms with Crippen molar-refractivity contribution in [3.8, 4) is 0 Å². The van der Waals surface area contributed by atoms with E-state index in [9.17, 15) is 8.78 Å². The highest BCUT2D eigenvalue weighted by atomic mass is 35.5. The summed E-state index contributed by atoms with van der Waals surface area (Å²) in [7, 11) is 0. The van der Waals surface area contributed by atoms with Crippen LogP contribution in [0.2, 0.25) is 5.15 Å². The number of aromatic nitrogens is 1. The second-order valence-electron chi connectivity index (χ2n) is 2.95. The van der Waals surface area contributed by atoms with Crippen LogP contribution in [0.4, 0.5) is 14.6 Å². The van der Waals surface area contributed by atoms with E-state index >= 15 is 0 Å². The Balaban J connectivity index is 2.11. The van der Waals surface area contributed by atoms with Crippen LogP contribution in [0.3, 0.4) is 0 Å². The minimum atomic E-state index is -2.58. The highest BCUT2D eigenvalue weighted by Crippen LogP contribution is 2.30. The molecule has 1 aromatic rings. The number of rotatable bonds is 1. The molecule has 13 heavy (non-hydrogen) atoms. The van der Waals surface area contributed by atoms with Crippen molar-refractivity contribution in [3.05, 3.63) is 23.4 Å². The first kappa shape index (κ1) is 8.69. The summed E-state index contributed by atoms with van der Waals surface area (Å²) in [6.45, 7) is -0.555. The van der Waals surface area contributed by atoms with Crippen molar-refractivity contribution in [1.29, 1.82) is 0 Å². The maximum absolute atomic E-state index is 12.5. The minimum Gasteiger partial charge on any atom is -0.344 e. The van der Waals surface area contributed by atoms with Crippen molar-refractivity contribution < 1.29 is 8.78 Å². The van der Waals surface area contributed by atoms with E-state index in [0.717, 1.165) is 0 Å². The predicted molar refractivity (Wildman–Crippen MR) is 45.2 cm³/mol. The van der Waals surface area contributed by atoms with Crippen molar-refractivity contribution >= 4 is 17.4 Å². The summed E-state index contributed by atoms with van der Waals surface area (Å²) in [4.78, 5) is 5.34. The number of nitrogens with zero attached hydrogens (tertiary/aromatic N) is 2. The number of hydrogen-bond donors (Lipinski definition) is 0. The van der Waals surface area contributed by atoms with Gasteiger partial charge in [-0.2, -0.15) is 0 Å². The second kappa shape index (κ2) is 2.80. The summed E-state index contributed by atoms with van der Waals surface area (Å²) in [5.41, 5.74) is 0. The molecule has 1 aliphatic heterocycles. The summed E-state index contributed by atoms with van der Waals surface area (Å²) in [6, 6.07) is 5.82. The van der Waals surface area contributed by atoms with Crippen molar-refractivity contribution in [2.75, 3.05) is 18.0 Å². The number of anilines is 1. The van der Waals surface area contributed by atoms with Gasteiger partial charge in [0.05, 0.1) is 13.1 Å². The fourth-order valence-corrected chi connectivity index (χ4v) is 1.35. The summed E-state index contributed by atoms with van der Waals surface area (Å²) in [6.07, 6.45) is 0. The Morgan fingerprint density at radius 1 is 1.54 bits per heavy atom. The highest BCUT2D eigenvalue weighted by Gasteiger charge is 2.44. The van der Waals surface area contributed by atoms with Crippen LogP contribution in [0.1, 0.15) is 0 Å². The molecule has 1 aliphatic rings. The third kappa shape index (κ3) is 1.72. The Kier molecular flexibility index (Phi) is 1.87. The van der Waals surface area contributed by atoms with Gasteiger partial charge in [-0.3, -0.25) is 0 Å². The maximum Gasteiger partial charge on any atom is 0.282 e. The molecule has 1 fully saturated rings. The molecule has 1 saturated heterocycles. The van der Waals surface area contributed by atoms with E-state index in [2.05, 4.69) is 11.1 Å². The molecule has 0 amide bonds. The summed E-state index contributed by atoms with van der Waals surface area (Å²) < 4.78 is 24.9. The molecule has 1 radical (unpaired) electrons. The van der Waals surface area contributed by atoms with Crippen LogP contribution < -0.4 is 4.90 Å². The lowest BCUT2D eigenvalue weighted by Crippen LogP contribution is -2.56. The number of hydrogen-bond acceptors (Lipinski definition) is 2. The van der Waals surface area contributed by atoms with E-state index in [-0.39, 0.29) is 18.2 Å². The molecule has 0 saturated carbocycles. The molecule has 0 spiro atoms. The van der Waals surface area contributed by atoms with E-state index in [0.29, 0.717) is 5.82 Å². The van der Waals surface area contributed by atoms with Crippen molar-refractivity contribution in [3.63, 3.8) is 0 Å². The average Bonchev–Trinajstić information content (AvgIpc) is 2.00. The quantitative estimate of drug-likeness (QED) is 0.649. The van der Waals surface area contributed by atoms with Gasteiger partial charge in [0.1, 0.15) is 11.0 Å². The minimum absolute atomic E-state index is 0.202. The van der Waals surface area contributed by atoms with Crippen molar-refractivity contribution in [2.45, 2.75) is 5.92 Å². The van der Waals surface area contributed by atoms with Crippen LogP contribution in [0.5, 0.6) is 0 Å². The monoisotopic (exact) mass is 203 g/mol. The molecule has 1 aromatic heterocycles. The molecule has 0 atom stereocenters. The van der Waals surface area contributed by atoms with E-state index in [1.165, 1.54) is 4.90 Å². The Labute approximate surface area is 79.1 Å². The van der Waals surface area contributed by atoms with E-state index in [4.69, 9.17) is 11.6 Å². The molecule has 2 heterocycles. The molecule has 2 nitrogen and oxygen atoms in total. The zero-order chi connectivity index (χ0) is 9.47. The van der Waals surface area contributed by atoms with Crippen LogP contribution in [0.25, 0.3) is 0 Å². The Bertz CT molecular complexity index is 322. The largest absolute Gasteiger partial charge is 0.344 e. The van der Waals surface area contributed by atoms with Gasteiger partial charge in [-0.25, -0.2) is 13.8 Å². The Morgan fingerprint density at radius 2 is 2.23 bits per heavy atom. The van der Waals surface area contributed by atoms with E-state index < -0.39 is 5.92 Å². The second-order valence-corrected chi connectivity index (χ2v) is 3.31. The van der Waals surface area contributed by atoms with Crippen molar-refractivity contribution in [1.82, 2.24) is 4.98 Å². The average molecular weight is 204 g/mol. The third-order valence-corrected chi connectivity index (χ3v) is 2.01. The topological polar surface area (TPSA) is 16.1 Å². The van der Waals surface area contributed by atoms with Crippen LogP contribution >= 0.6 is 11.6 Å². The molecule has 0 N–H and O–H groups in total. The number of pyridine rings is 1. The molecule has 69 valence electrons. The van der Waals surface area contributed by atoms with Crippen LogP contribution in [-0.4, -0.2) is 24.0 Å². The van der Waals surface area contributed by atoms with Gasteiger partial charge in [0.25, 0.3) is 5.92 Å². The Morgan fingerprint density at radius 3 is 2.77 bits per heavy atom. The SMILES string of the molecule is FC1(F)CN(c2cc[c]c(Cl)n2)C1. The summed E-state index contributed by atoms with van der Waals surface area (Å²) >= 11 is 5.56. The molecular weight excluding hydrogens is 198 g/mol. The number of halogens is 3. The molecule has 0 bridgehead atoms. The first-order valence-corrected chi connectivity index (χ1v) is 4.12. The predicted octanol–water partition coefficient (Wildman–Crippen LogP) is 1.99. The number of alkyl halides is 2. The molecule has 5 heteroatoms. The fourth-order valence-electron chi connectivity index (χ4n) is 1.21. The lowest BCUT2D eigenvalue weighted by Gasteiger charge is -2.39. The first-order chi connectivity index (χ1) is 6.07. The third-order valence-electron chi connectivity index (χ3n) is 1.82. The van der Waals surface area contributed by atoms with Gasteiger partial charge in [0.2, 0.25) is 0 Å². The van der Waals surface area contributed by atoms with Crippen LogP contribution in [-0.2, 0) is 0 Å². The summed E-state index contributed by atoms with van der Waals surface area (Å²) in [5, 5.41) is 0.202. The van der Waals surface area contributed by atoms with Crippen molar-refractivity contribution in [2.24, 2.45) is 0 Å². The zero-order valence-corrected chi connectivity index (χ0v) is 7.35. The van der Waals surface area contributed by atoms with E-state index in [1.54, 1.807) is 12.1 Å². The van der Waals surface area contributed by atoms with Gasteiger partial charge < -0.3 is 4.90 Å². The molecule has 0 unspecified atom stereocenters. The summed E-state index contributed by atoms with van der Waals surface area (Å²) in [5.74, 6) is -2.09. The van der Waals surface area contributed by atoms with Gasteiger partial charge in [-0.05, 0) is 12.1 Å². The maximum atomic E-state index is 12.5. The zero-order valence-electron chi connectivity index (χ0n) is 6.60. The van der Waals surface area contributed by atoms with Gasteiger partial charge in [0, 0.05) is 6.07 Å². The van der Waals surface area contributed by atoms with Gasteiger partial charge >= 0.3 is 0 Å². The standard InChI is InChI=1S/C8H6ClF2N2/c9-6-2-1-3-7(12-6)13-4-8(10,11)5-13/h1,3H,4-5H2. The molecular formula is C8H6ClF2N2. The molecule has 2 rings (SSSR count). The smallest absolute Gasteiger partial charge is 0.282 e. The normalized spacial score (nSPS) is 19.8. The fraction of sp³-hybridized carbons (Fsp3) is 0.375. The van der Waals surface area contributed by atoms with Gasteiger partial charge in [-0.15, -0.1) is 0 Å².